The molecule has 3 rings (SSSR count). The molecule has 0 bridgehead atoms. The molecule has 1 saturated heterocycles. The van der Waals surface area contributed by atoms with Crippen LogP contribution in [0.4, 0.5) is 11.6 Å². The van der Waals surface area contributed by atoms with Gasteiger partial charge in [-0.1, -0.05) is 0 Å². The van der Waals surface area contributed by atoms with Crippen LogP contribution in [0.2, 0.25) is 0 Å². The Bertz CT molecular complexity index is 944. The van der Waals surface area contributed by atoms with Crippen LogP contribution in [0, 0.1) is 20.8 Å². The number of rotatable bonds is 5. The molecule has 1 fully saturated rings. The van der Waals surface area contributed by atoms with Gasteiger partial charge in [-0.2, -0.15) is 17.0 Å². The van der Waals surface area contributed by atoms with Crippen molar-refractivity contribution in [2.24, 2.45) is 0 Å². The number of aryl methyl sites for hydroxylation is 3. The van der Waals surface area contributed by atoms with E-state index in [9.17, 15) is 8.42 Å². The molecule has 0 unspecified atom stereocenters. The lowest BCUT2D eigenvalue weighted by atomic mass is 10.1. The largest absolute Gasteiger partial charge is 0.369 e. The molecule has 10 heteroatoms. The van der Waals surface area contributed by atoms with Gasteiger partial charge in [-0.05, 0) is 39.0 Å². The molecule has 9 nitrogen and oxygen atoms in total. The van der Waals surface area contributed by atoms with E-state index in [0.717, 1.165) is 22.8 Å². The molecule has 1 atom stereocenters. The highest BCUT2D eigenvalue weighted by Gasteiger charge is 2.32. The maximum Gasteiger partial charge on any atom is 0.281 e. The first kappa shape index (κ1) is 20.6. The molecule has 0 saturated carbocycles. The Morgan fingerprint density at radius 2 is 1.71 bits per heavy atom. The molecular formula is C18H26N6O3S. The van der Waals surface area contributed by atoms with Crippen molar-refractivity contribution >= 4 is 21.8 Å². The van der Waals surface area contributed by atoms with Crippen LogP contribution in [-0.4, -0.2) is 65.8 Å². The fourth-order valence-corrected chi connectivity index (χ4v) is 4.18. The zero-order chi connectivity index (χ0) is 20.5. The predicted molar refractivity (Wildman–Crippen MR) is 107 cm³/mol. The summed E-state index contributed by atoms with van der Waals surface area (Å²) >= 11 is 0. The SMILES string of the molecule is Cc1cc(Nc2nc(C)cc(C)n2)cc([C@@H]2CN(S(=O)(=O)N(C)C)CCO2)n1. The van der Waals surface area contributed by atoms with Crippen molar-refractivity contribution in [2.45, 2.75) is 26.9 Å². The number of anilines is 2. The van der Waals surface area contributed by atoms with Crippen molar-refractivity contribution in [3.63, 3.8) is 0 Å². The zero-order valence-electron chi connectivity index (χ0n) is 16.8. The highest BCUT2D eigenvalue weighted by Crippen LogP contribution is 2.26. The zero-order valence-corrected chi connectivity index (χ0v) is 17.6. The van der Waals surface area contributed by atoms with Gasteiger partial charge in [0.2, 0.25) is 5.95 Å². The van der Waals surface area contributed by atoms with Crippen molar-refractivity contribution < 1.29 is 13.2 Å². The monoisotopic (exact) mass is 406 g/mol. The minimum absolute atomic E-state index is 0.219. The quantitative estimate of drug-likeness (QED) is 0.807. The van der Waals surface area contributed by atoms with Crippen LogP contribution in [0.5, 0.6) is 0 Å². The summed E-state index contributed by atoms with van der Waals surface area (Å²) in [6.07, 6.45) is -0.441. The van der Waals surface area contributed by atoms with Crippen molar-refractivity contribution in [3.05, 3.63) is 41.0 Å². The van der Waals surface area contributed by atoms with Gasteiger partial charge < -0.3 is 10.1 Å². The second kappa shape index (κ2) is 8.08. The minimum Gasteiger partial charge on any atom is -0.369 e. The van der Waals surface area contributed by atoms with Crippen LogP contribution in [0.25, 0.3) is 0 Å². The van der Waals surface area contributed by atoms with Gasteiger partial charge >= 0.3 is 0 Å². The van der Waals surface area contributed by atoms with E-state index in [0.29, 0.717) is 24.8 Å². The minimum atomic E-state index is -3.50. The van der Waals surface area contributed by atoms with E-state index in [2.05, 4.69) is 20.3 Å². The van der Waals surface area contributed by atoms with Gasteiger partial charge in [0.05, 0.1) is 12.3 Å². The van der Waals surface area contributed by atoms with Crippen LogP contribution < -0.4 is 5.32 Å². The summed E-state index contributed by atoms with van der Waals surface area (Å²) in [5.74, 6) is 0.510. The molecule has 0 spiro atoms. The number of hydrogen-bond donors (Lipinski definition) is 1. The van der Waals surface area contributed by atoms with Gasteiger partial charge in [0.15, 0.2) is 0 Å². The topological polar surface area (TPSA) is 101 Å². The van der Waals surface area contributed by atoms with Crippen LogP contribution in [0.15, 0.2) is 18.2 Å². The summed E-state index contributed by atoms with van der Waals surface area (Å²) in [7, 11) is -0.447. The number of aromatic nitrogens is 3. The van der Waals surface area contributed by atoms with Crippen LogP contribution >= 0.6 is 0 Å². The maximum atomic E-state index is 12.4. The van der Waals surface area contributed by atoms with E-state index >= 15 is 0 Å². The molecule has 2 aromatic heterocycles. The molecule has 2 aromatic rings. The summed E-state index contributed by atoms with van der Waals surface area (Å²) in [6, 6.07) is 5.65. The molecule has 0 aliphatic carbocycles. The van der Waals surface area contributed by atoms with E-state index in [1.54, 1.807) is 0 Å². The van der Waals surface area contributed by atoms with E-state index in [1.807, 2.05) is 39.0 Å². The normalized spacial score (nSPS) is 18.4. The van der Waals surface area contributed by atoms with E-state index in [4.69, 9.17) is 4.74 Å². The van der Waals surface area contributed by atoms with E-state index < -0.39 is 16.3 Å². The highest BCUT2D eigenvalue weighted by atomic mass is 32.2. The maximum absolute atomic E-state index is 12.4. The molecule has 3 heterocycles. The highest BCUT2D eigenvalue weighted by molar-refractivity contribution is 7.86. The molecule has 152 valence electrons. The molecule has 0 radical (unpaired) electrons. The van der Waals surface area contributed by atoms with Crippen LogP contribution in [0.1, 0.15) is 28.9 Å². The van der Waals surface area contributed by atoms with Gasteiger partial charge in [-0.15, -0.1) is 0 Å². The number of morpholine rings is 1. The third-order valence-corrected chi connectivity index (χ3v) is 6.27. The summed E-state index contributed by atoms with van der Waals surface area (Å²) < 4.78 is 33.4. The van der Waals surface area contributed by atoms with Gasteiger partial charge in [-0.3, -0.25) is 4.98 Å². The number of pyridine rings is 1. The lowest BCUT2D eigenvalue weighted by Crippen LogP contribution is -2.47. The fraction of sp³-hybridized carbons (Fsp3) is 0.500. The average Bonchev–Trinajstić information content (AvgIpc) is 2.60. The van der Waals surface area contributed by atoms with Crippen molar-refractivity contribution in [2.75, 3.05) is 39.1 Å². The predicted octanol–water partition coefficient (Wildman–Crippen LogP) is 1.72. The van der Waals surface area contributed by atoms with Crippen molar-refractivity contribution in [3.8, 4) is 0 Å². The van der Waals surface area contributed by atoms with Crippen LogP contribution in [-0.2, 0) is 14.9 Å². The third kappa shape index (κ3) is 4.64. The molecule has 0 aromatic carbocycles. The van der Waals surface area contributed by atoms with Gasteiger partial charge in [-0.25, -0.2) is 9.97 Å². The average molecular weight is 407 g/mol. The Hall–Kier alpha value is -2.14. The Balaban J connectivity index is 1.84. The number of nitrogens with one attached hydrogen (secondary N) is 1. The lowest BCUT2D eigenvalue weighted by molar-refractivity contribution is -0.00626. The Labute approximate surface area is 166 Å². The molecule has 1 N–H and O–H groups in total. The molecule has 1 aliphatic heterocycles. The first-order chi connectivity index (χ1) is 13.1. The van der Waals surface area contributed by atoms with Crippen LogP contribution in [0.3, 0.4) is 0 Å². The van der Waals surface area contributed by atoms with Gasteiger partial charge in [0.1, 0.15) is 6.10 Å². The smallest absolute Gasteiger partial charge is 0.281 e. The Morgan fingerprint density at radius 1 is 1.07 bits per heavy atom. The van der Waals surface area contributed by atoms with E-state index in [-0.39, 0.29) is 6.54 Å². The number of hydrogen-bond acceptors (Lipinski definition) is 7. The molecule has 1 aliphatic rings. The Kier molecular flexibility index (Phi) is 5.94. The number of ether oxygens (including phenoxy) is 1. The van der Waals surface area contributed by atoms with Gasteiger partial charge in [0, 0.05) is 50.0 Å². The molecule has 0 amide bonds. The standard InChI is InChI=1S/C18H26N6O3S/c1-12-8-13(2)21-18(20-12)22-15-9-14(3)19-16(10-15)17-11-24(6-7-27-17)28(25,26)23(4)5/h8-10,17H,6-7,11H2,1-5H3,(H,19,20,21,22)/t17-/m0/s1. The summed E-state index contributed by atoms with van der Waals surface area (Å²) in [5, 5.41) is 3.21. The second-order valence-corrected chi connectivity index (χ2v) is 9.17. The fourth-order valence-electron chi connectivity index (χ4n) is 3.09. The second-order valence-electron chi connectivity index (χ2n) is 7.03. The van der Waals surface area contributed by atoms with Crippen molar-refractivity contribution in [1.82, 2.24) is 23.6 Å². The third-order valence-electron chi connectivity index (χ3n) is 4.36. The van der Waals surface area contributed by atoms with Gasteiger partial charge in [0.25, 0.3) is 10.2 Å². The summed E-state index contributed by atoms with van der Waals surface area (Å²) in [4.78, 5) is 13.4. The lowest BCUT2D eigenvalue weighted by Gasteiger charge is -2.33. The van der Waals surface area contributed by atoms with Crippen molar-refractivity contribution in [1.29, 1.82) is 0 Å². The molecular weight excluding hydrogens is 380 g/mol. The number of nitrogens with zero attached hydrogens (tertiary/aromatic N) is 5. The first-order valence-corrected chi connectivity index (χ1v) is 10.4. The first-order valence-electron chi connectivity index (χ1n) is 9.02. The summed E-state index contributed by atoms with van der Waals surface area (Å²) in [5.41, 5.74) is 4.00. The molecule has 28 heavy (non-hydrogen) atoms. The summed E-state index contributed by atoms with van der Waals surface area (Å²) in [6.45, 7) is 6.57. The Morgan fingerprint density at radius 3 is 2.36 bits per heavy atom. The van der Waals surface area contributed by atoms with E-state index in [1.165, 1.54) is 22.7 Å².